The fourth-order valence-electron chi connectivity index (χ4n) is 1.81. The van der Waals surface area contributed by atoms with Crippen molar-refractivity contribution in [2.24, 2.45) is 0 Å². The molecule has 0 saturated heterocycles. The number of ketones is 1. The zero-order valence-corrected chi connectivity index (χ0v) is 8.83. The molecule has 1 aromatic rings. The van der Waals surface area contributed by atoms with E-state index in [0.29, 0.717) is 18.4 Å². The minimum atomic E-state index is -0.564. The van der Waals surface area contributed by atoms with Crippen LogP contribution in [-0.2, 0) is 9.53 Å². The lowest BCUT2D eigenvalue weighted by Crippen LogP contribution is -2.21. The Kier molecular flexibility index (Phi) is 2.73. The molecule has 0 aromatic heterocycles. The molecule has 0 spiro atoms. The molecule has 0 radical (unpaired) electrons. The Hall–Kier alpha value is -1.71. The number of carbonyl (C=O) groups is 2. The highest BCUT2D eigenvalue weighted by Gasteiger charge is 2.28. The van der Waals surface area contributed by atoms with Crippen molar-refractivity contribution in [1.82, 2.24) is 0 Å². The molecule has 1 aliphatic carbocycles. The molecule has 0 unspecified atom stereocenters. The number of hydrogen-bond donors (Lipinski definition) is 0. The van der Waals surface area contributed by atoms with Crippen molar-refractivity contribution >= 4 is 11.8 Å². The molecule has 16 heavy (non-hydrogen) atoms. The number of esters is 1. The smallest absolute Gasteiger partial charge is 0.337 e. The Morgan fingerprint density at radius 2 is 2.06 bits per heavy atom. The van der Waals surface area contributed by atoms with E-state index < -0.39 is 11.8 Å². The van der Waals surface area contributed by atoms with Crippen LogP contribution in [-0.4, -0.2) is 18.9 Å². The molecule has 84 valence electrons. The maximum Gasteiger partial charge on any atom is 0.337 e. The van der Waals surface area contributed by atoms with E-state index in [1.807, 2.05) is 0 Å². The first-order valence-electron chi connectivity index (χ1n) is 5.00. The van der Waals surface area contributed by atoms with Gasteiger partial charge in [-0.3, -0.25) is 4.79 Å². The first-order chi connectivity index (χ1) is 7.60. The average Bonchev–Trinajstić information content (AvgIpc) is 2.22. The third-order valence-electron chi connectivity index (χ3n) is 2.76. The lowest BCUT2D eigenvalue weighted by atomic mass is 9.78. The largest absolute Gasteiger partial charge is 0.465 e. The number of methoxy groups -OCH3 is 1. The van der Waals surface area contributed by atoms with Gasteiger partial charge in [0, 0.05) is 12.8 Å². The number of ether oxygens (including phenoxy) is 1. The molecule has 0 N–H and O–H groups in total. The summed E-state index contributed by atoms with van der Waals surface area (Å²) in [4.78, 5) is 22.1. The summed E-state index contributed by atoms with van der Waals surface area (Å²) in [6.45, 7) is 0. The SMILES string of the molecule is COC(=O)c1cc(F)cc(C2CC(=O)C2)c1. The monoisotopic (exact) mass is 222 g/mol. The minimum absolute atomic E-state index is 0.0478. The molecule has 1 saturated carbocycles. The van der Waals surface area contributed by atoms with E-state index in [-0.39, 0.29) is 17.3 Å². The highest BCUT2D eigenvalue weighted by atomic mass is 19.1. The van der Waals surface area contributed by atoms with Crippen molar-refractivity contribution in [2.75, 3.05) is 7.11 Å². The van der Waals surface area contributed by atoms with E-state index in [0.717, 1.165) is 6.07 Å². The molecule has 0 aliphatic heterocycles. The summed E-state index contributed by atoms with van der Waals surface area (Å²) in [6, 6.07) is 4.09. The van der Waals surface area contributed by atoms with Crippen LogP contribution >= 0.6 is 0 Å². The summed E-state index contributed by atoms with van der Waals surface area (Å²) in [5, 5.41) is 0. The molecule has 1 aliphatic rings. The van der Waals surface area contributed by atoms with Gasteiger partial charge < -0.3 is 4.74 Å². The normalized spacial score (nSPS) is 15.8. The summed E-state index contributed by atoms with van der Waals surface area (Å²) in [5.41, 5.74) is 0.886. The van der Waals surface area contributed by atoms with Gasteiger partial charge in [-0.2, -0.15) is 0 Å². The molecular formula is C12H11FO3. The Morgan fingerprint density at radius 3 is 2.62 bits per heavy atom. The molecule has 4 heteroatoms. The van der Waals surface area contributed by atoms with E-state index in [4.69, 9.17) is 0 Å². The Bertz CT molecular complexity index is 446. The molecule has 0 amide bonds. The van der Waals surface area contributed by atoms with Gasteiger partial charge in [0.2, 0.25) is 0 Å². The van der Waals surface area contributed by atoms with Gasteiger partial charge in [0.1, 0.15) is 11.6 Å². The number of benzene rings is 1. The molecule has 2 rings (SSSR count). The zero-order valence-electron chi connectivity index (χ0n) is 8.83. The Balaban J connectivity index is 2.29. The van der Waals surface area contributed by atoms with Crippen molar-refractivity contribution in [1.29, 1.82) is 0 Å². The van der Waals surface area contributed by atoms with E-state index in [1.165, 1.54) is 13.2 Å². The fraction of sp³-hybridized carbons (Fsp3) is 0.333. The van der Waals surface area contributed by atoms with Crippen LogP contribution in [0.25, 0.3) is 0 Å². The first kappa shape index (κ1) is 10.8. The van der Waals surface area contributed by atoms with Crippen molar-refractivity contribution in [2.45, 2.75) is 18.8 Å². The molecule has 0 bridgehead atoms. The highest BCUT2D eigenvalue weighted by molar-refractivity contribution is 5.90. The number of carbonyl (C=O) groups excluding carboxylic acids is 2. The number of hydrogen-bond acceptors (Lipinski definition) is 3. The molecule has 1 aromatic carbocycles. The van der Waals surface area contributed by atoms with E-state index in [1.54, 1.807) is 6.07 Å². The molecule has 1 fully saturated rings. The predicted molar refractivity (Wildman–Crippen MR) is 54.7 cm³/mol. The summed E-state index contributed by atoms with van der Waals surface area (Å²) >= 11 is 0. The van der Waals surface area contributed by atoms with Gasteiger partial charge in [0.15, 0.2) is 0 Å². The summed E-state index contributed by atoms with van der Waals surface area (Å²) in [5.74, 6) is -0.816. The van der Waals surface area contributed by atoms with Crippen LogP contribution in [0, 0.1) is 5.82 Å². The van der Waals surface area contributed by atoms with Gasteiger partial charge in [-0.15, -0.1) is 0 Å². The van der Waals surface area contributed by atoms with E-state index in [9.17, 15) is 14.0 Å². The minimum Gasteiger partial charge on any atom is -0.465 e. The van der Waals surface area contributed by atoms with Crippen LogP contribution in [0.1, 0.15) is 34.7 Å². The fourth-order valence-corrected chi connectivity index (χ4v) is 1.81. The summed E-state index contributed by atoms with van der Waals surface area (Å²) in [7, 11) is 1.25. The quantitative estimate of drug-likeness (QED) is 0.719. The van der Waals surface area contributed by atoms with Gasteiger partial charge >= 0.3 is 5.97 Å². The second-order valence-corrected chi connectivity index (χ2v) is 3.91. The van der Waals surface area contributed by atoms with Gasteiger partial charge in [0.25, 0.3) is 0 Å². The van der Waals surface area contributed by atoms with Crippen molar-refractivity contribution in [3.05, 3.63) is 35.1 Å². The second kappa shape index (κ2) is 4.04. The standard InChI is InChI=1S/C12H11FO3/c1-16-12(15)9-2-7(3-10(13)4-9)8-5-11(14)6-8/h2-4,8H,5-6H2,1H3. The maximum absolute atomic E-state index is 13.2. The summed E-state index contributed by atoms with van der Waals surface area (Å²) < 4.78 is 17.8. The third kappa shape index (κ3) is 1.96. The van der Waals surface area contributed by atoms with Gasteiger partial charge in [-0.25, -0.2) is 9.18 Å². The van der Waals surface area contributed by atoms with E-state index in [2.05, 4.69) is 4.74 Å². The van der Waals surface area contributed by atoms with Gasteiger partial charge in [-0.05, 0) is 29.7 Å². The molecule has 0 heterocycles. The highest BCUT2D eigenvalue weighted by Crippen LogP contribution is 2.34. The maximum atomic E-state index is 13.2. The molecule has 3 nitrogen and oxygen atoms in total. The lowest BCUT2D eigenvalue weighted by Gasteiger charge is -2.24. The van der Waals surface area contributed by atoms with Crippen molar-refractivity contribution in [3.63, 3.8) is 0 Å². The van der Waals surface area contributed by atoms with Crippen molar-refractivity contribution in [3.8, 4) is 0 Å². The number of rotatable bonds is 2. The second-order valence-electron chi connectivity index (χ2n) is 3.91. The number of halogens is 1. The van der Waals surface area contributed by atoms with Crippen molar-refractivity contribution < 1.29 is 18.7 Å². The van der Waals surface area contributed by atoms with Crippen LogP contribution in [0.5, 0.6) is 0 Å². The predicted octanol–water partition coefficient (Wildman–Crippen LogP) is 2.06. The van der Waals surface area contributed by atoms with E-state index >= 15 is 0 Å². The van der Waals surface area contributed by atoms with Crippen LogP contribution in [0.15, 0.2) is 18.2 Å². The lowest BCUT2D eigenvalue weighted by molar-refractivity contribution is -0.124. The third-order valence-corrected chi connectivity index (χ3v) is 2.76. The van der Waals surface area contributed by atoms with Gasteiger partial charge in [-0.1, -0.05) is 0 Å². The topological polar surface area (TPSA) is 43.4 Å². The van der Waals surface area contributed by atoms with Gasteiger partial charge in [0.05, 0.1) is 12.7 Å². The van der Waals surface area contributed by atoms with Crippen LogP contribution < -0.4 is 0 Å². The Morgan fingerprint density at radius 1 is 1.38 bits per heavy atom. The average molecular weight is 222 g/mol. The molecular weight excluding hydrogens is 211 g/mol. The number of Topliss-reactive ketones (excluding diaryl/α,β-unsaturated/α-hetero) is 1. The zero-order chi connectivity index (χ0) is 11.7. The Labute approximate surface area is 92.2 Å². The van der Waals surface area contributed by atoms with Crippen LogP contribution in [0.2, 0.25) is 0 Å². The molecule has 0 atom stereocenters. The van der Waals surface area contributed by atoms with Crippen LogP contribution in [0.3, 0.4) is 0 Å². The first-order valence-corrected chi connectivity index (χ1v) is 5.00. The van der Waals surface area contributed by atoms with Crippen LogP contribution in [0.4, 0.5) is 4.39 Å². The summed E-state index contributed by atoms with van der Waals surface area (Å²) in [6.07, 6.45) is 0.869.